The van der Waals surface area contributed by atoms with Gasteiger partial charge >= 0.3 is 0 Å². The van der Waals surface area contributed by atoms with Crippen molar-refractivity contribution in [3.63, 3.8) is 0 Å². The number of nitrogens with one attached hydrogen (secondary N) is 2. The molecule has 6 nitrogen and oxygen atoms in total. The average molecular weight is 301 g/mol. The van der Waals surface area contributed by atoms with Crippen molar-refractivity contribution < 1.29 is 23.0 Å². The Morgan fingerprint density at radius 2 is 2.33 bits per heavy atom. The highest BCUT2D eigenvalue weighted by Gasteiger charge is 2.46. The minimum absolute atomic E-state index is 0.129. The van der Waals surface area contributed by atoms with Gasteiger partial charge in [0, 0.05) is 19.3 Å². The van der Waals surface area contributed by atoms with Crippen molar-refractivity contribution in [2.24, 2.45) is 5.92 Å². The summed E-state index contributed by atoms with van der Waals surface area (Å²) >= 11 is 0. The molecule has 0 radical (unpaired) electrons. The first-order chi connectivity index (χ1) is 10.0. The van der Waals surface area contributed by atoms with E-state index in [9.17, 15) is 13.6 Å². The van der Waals surface area contributed by atoms with Crippen LogP contribution in [0.3, 0.4) is 0 Å². The van der Waals surface area contributed by atoms with Gasteiger partial charge in [-0.15, -0.1) is 0 Å². The zero-order valence-corrected chi connectivity index (χ0v) is 11.4. The summed E-state index contributed by atoms with van der Waals surface area (Å²) in [6.07, 6.45) is 2.58. The van der Waals surface area contributed by atoms with E-state index < -0.39 is 5.92 Å². The van der Waals surface area contributed by atoms with Crippen LogP contribution in [0.1, 0.15) is 19.3 Å². The highest BCUT2D eigenvalue weighted by Crippen LogP contribution is 2.43. The molecule has 116 valence electrons. The van der Waals surface area contributed by atoms with Crippen LogP contribution >= 0.6 is 0 Å². The van der Waals surface area contributed by atoms with Gasteiger partial charge in [-0.05, 0) is 5.92 Å². The fourth-order valence-corrected chi connectivity index (χ4v) is 2.72. The third kappa shape index (κ3) is 3.49. The van der Waals surface area contributed by atoms with Gasteiger partial charge in [0.1, 0.15) is 6.10 Å². The lowest BCUT2D eigenvalue weighted by molar-refractivity contribution is -0.134. The number of nitrogens with zero attached hydrogens (tertiary/aromatic N) is 1. The average Bonchev–Trinajstić information content (AvgIpc) is 3.00. The number of carbonyl (C=O) groups is 1. The molecular weight excluding hydrogens is 284 g/mol. The van der Waals surface area contributed by atoms with Crippen LogP contribution < -0.4 is 10.1 Å². The van der Waals surface area contributed by atoms with Gasteiger partial charge in [-0.2, -0.15) is 5.10 Å². The van der Waals surface area contributed by atoms with Crippen molar-refractivity contribution in [1.82, 2.24) is 15.5 Å². The molecule has 0 unspecified atom stereocenters. The molecule has 1 aromatic heterocycles. The Morgan fingerprint density at radius 3 is 3.00 bits per heavy atom. The Hall–Kier alpha value is -1.70. The van der Waals surface area contributed by atoms with Crippen molar-refractivity contribution >= 4 is 5.91 Å². The van der Waals surface area contributed by atoms with E-state index in [0.29, 0.717) is 19.0 Å². The minimum atomic E-state index is -2.59. The molecule has 1 amide bonds. The second kappa shape index (κ2) is 5.59. The SMILES string of the molecule is O=C(CC1CC(F)(F)C1)N[C@H]1COC[C@H]1Oc1cn[nH]c1. The molecule has 3 rings (SSSR count). The van der Waals surface area contributed by atoms with E-state index in [1.807, 2.05) is 0 Å². The molecule has 0 spiro atoms. The minimum Gasteiger partial charge on any atom is -0.482 e. The first kappa shape index (κ1) is 14.2. The van der Waals surface area contributed by atoms with Gasteiger partial charge in [-0.25, -0.2) is 8.78 Å². The van der Waals surface area contributed by atoms with Crippen LogP contribution in [-0.2, 0) is 9.53 Å². The summed E-state index contributed by atoms with van der Waals surface area (Å²) in [6, 6.07) is -0.270. The molecule has 1 saturated carbocycles. The highest BCUT2D eigenvalue weighted by molar-refractivity contribution is 5.76. The van der Waals surface area contributed by atoms with E-state index in [0.717, 1.165) is 0 Å². The molecule has 1 saturated heterocycles. The standard InChI is InChI=1S/C13H17F2N3O3/c14-13(15)2-8(3-13)1-12(19)18-10-6-20-7-11(10)21-9-4-16-17-5-9/h4-5,8,10-11H,1-3,6-7H2,(H,16,17)(H,18,19)/t10-,11+/m0/s1. The number of amides is 1. The summed E-state index contributed by atoms with van der Waals surface area (Å²) in [5.41, 5.74) is 0. The maximum Gasteiger partial charge on any atom is 0.248 e. The number of hydrogen-bond acceptors (Lipinski definition) is 4. The van der Waals surface area contributed by atoms with Gasteiger partial charge in [-0.1, -0.05) is 0 Å². The topological polar surface area (TPSA) is 76.2 Å². The van der Waals surface area contributed by atoms with Crippen molar-refractivity contribution in [2.45, 2.75) is 37.3 Å². The molecule has 1 aliphatic heterocycles. The van der Waals surface area contributed by atoms with E-state index >= 15 is 0 Å². The molecule has 1 aliphatic carbocycles. The van der Waals surface area contributed by atoms with Crippen LogP contribution in [0.15, 0.2) is 12.4 Å². The van der Waals surface area contributed by atoms with Gasteiger partial charge in [0.25, 0.3) is 0 Å². The van der Waals surface area contributed by atoms with Gasteiger partial charge in [0.05, 0.1) is 31.6 Å². The van der Waals surface area contributed by atoms with E-state index in [1.54, 1.807) is 6.20 Å². The fraction of sp³-hybridized carbons (Fsp3) is 0.692. The van der Waals surface area contributed by atoms with Crippen molar-refractivity contribution in [3.05, 3.63) is 12.4 Å². The lowest BCUT2D eigenvalue weighted by Crippen LogP contribution is -2.47. The first-order valence-electron chi connectivity index (χ1n) is 6.92. The normalized spacial score (nSPS) is 28.1. The molecular formula is C13H17F2N3O3. The molecule has 2 fully saturated rings. The molecule has 2 heterocycles. The summed E-state index contributed by atoms with van der Waals surface area (Å²) in [5.74, 6) is -2.47. The molecule has 8 heteroatoms. The third-order valence-corrected chi connectivity index (χ3v) is 3.78. The van der Waals surface area contributed by atoms with Crippen molar-refractivity contribution in [1.29, 1.82) is 0 Å². The van der Waals surface area contributed by atoms with Crippen LogP contribution in [0.4, 0.5) is 8.78 Å². The molecule has 1 aromatic rings. The van der Waals surface area contributed by atoms with E-state index in [4.69, 9.17) is 9.47 Å². The van der Waals surface area contributed by atoms with Gasteiger partial charge < -0.3 is 14.8 Å². The maximum absolute atomic E-state index is 12.7. The molecule has 2 atom stereocenters. The maximum atomic E-state index is 12.7. The number of aromatic amines is 1. The predicted octanol–water partition coefficient (Wildman–Crippen LogP) is 1.11. The Morgan fingerprint density at radius 1 is 1.52 bits per heavy atom. The summed E-state index contributed by atoms with van der Waals surface area (Å²) in [4.78, 5) is 11.9. The number of aromatic nitrogens is 2. The van der Waals surface area contributed by atoms with Crippen LogP contribution in [0, 0.1) is 5.92 Å². The highest BCUT2D eigenvalue weighted by atomic mass is 19.3. The summed E-state index contributed by atoms with van der Waals surface area (Å²) in [7, 11) is 0. The lowest BCUT2D eigenvalue weighted by Gasteiger charge is -2.34. The Bertz CT molecular complexity index is 487. The zero-order chi connectivity index (χ0) is 14.9. The largest absolute Gasteiger partial charge is 0.482 e. The van der Waals surface area contributed by atoms with Crippen LogP contribution in [0.25, 0.3) is 0 Å². The molecule has 21 heavy (non-hydrogen) atoms. The zero-order valence-electron chi connectivity index (χ0n) is 11.4. The number of halogens is 2. The number of H-pyrrole nitrogens is 1. The van der Waals surface area contributed by atoms with E-state index in [1.165, 1.54) is 6.20 Å². The molecule has 0 aromatic carbocycles. The monoisotopic (exact) mass is 301 g/mol. The molecule has 2 N–H and O–H groups in total. The lowest BCUT2D eigenvalue weighted by atomic mass is 9.79. The number of carbonyl (C=O) groups excluding carboxylic acids is 1. The summed E-state index contributed by atoms with van der Waals surface area (Å²) in [5, 5.41) is 9.21. The fourth-order valence-electron chi connectivity index (χ4n) is 2.72. The van der Waals surface area contributed by atoms with Crippen LogP contribution in [-0.4, -0.2) is 47.4 Å². The third-order valence-electron chi connectivity index (χ3n) is 3.78. The van der Waals surface area contributed by atoms with E-state index in [-0.39, 0.29) is 43.2 Å². The number of alkyl halides is 2. The Balaban J connectivity index is 1.46. The summed E-state index contributed by atoms with van der Waals surface area (Å²) in [6.45, 7) is 0.729. The first-order valence-corrected chi connectivity index (χ1v) is 6.92. The predicted molar refractivity (Wildman–Crippen MR) is 68.0 cm³/mol. The Labute approximate surface area is 120 Å². The van der Waals surface area contributed by atoms with E-state index in [2.05, 4.69) is 15.5 Å². The van der Waals surface area contributed by atoms with Crippen molar-refractivity contribution in [3.8, 4) is 5.75 Å². The number of ether oxygens (including phenoxy) is 2. The van der Waals surface area contributed by atoms with Crippen molar-refractivity contribution in [2.75, 3.05) is 13.2 Å². The molecule has 2 aliphatic rings. The second-order valence-electron chi connectivity index (χ2n) is 5.64. The smallest absolute Gasteiger partial charge is 0.248 e. The second-order valence-corrected chi connectivity index (χ2v) is 5.64. The van der Waals surface area contributed by atoms with Gasteiger partial charge in [0.2, 0.25) is 11.8 Å². The number of hydrogen-bond donors (Lipinski definition) is 2. The molecule has 0 bridgehead atoms. The van der Waals surface area contributed by atoms with Gasteiger partial charge in [-0.3, -0.25) is 9.89 Å². The summed E-state index contributed by atoms with van der Waals surface area (Å²) < 4.78 is 36.4. The number of rotatable bonds is 5. The Kier molecular flexibility index (Phi) is 3.79. The van der Waals surface area contributed by atoms with Crippen LogP contribution in [0.2, 0.25) is 0 Å². The van der Waals surface area contributed by atoms with Crippen LogP contribution in [0.5, 0.6) is 5.75 Å². The quantitative estimate of drug-likeness (QED) is 0.854. The van der Waals surface area contributed by atoms with Gasteiger partial charge in [0.15, 0.2) is 5.75 Å².